The van der Waals surface area contributed by atoms with Crippen molar-refractivity contribution in [1.29, 1.82) is 0 Å². The molecule has 96 valence electrons. The van der Waals surface area contributed by atoms with Crippen molar-refractivity contribution in [1.82, 2.24) is 0 Å². The van der Waals surface area contributed by atoms with Gasteiger partial charge < -0.3 is 5.32 Å². The van der Waals surface area contributed by atoms with Crippen LogP contribution in [0.1, 0.15) is 17.2 Å². The van der Waals surface area contributed by atoms with Crippen molar-refractivity contribution in [3.8, 4) is 11.1 Å². The van der Waals surface area contributed by atoms with Crippen molar-refractivity contribution in [2.75, 3.05) is 5.32 Å². The molecule has 3 aromatic rings. The molecule has 1 aliphatic carbocycles. The molecule has 0 radical (unpaired) electrons. The molecule has 0 bridgehead atoms. The monoisotopic (exact) mass is 257 g/mol. The van der Waals surface area contributed by atoms with Crippen molar-refractivity contribution in [3.05, 3.63) is 90.0 Å². The molecule has 0 heterocycles. The van der Waals surface area contributed by atoms with Crippen LogP contribution in [0.3, 0.4) is 0 Å². The van der Waals surface area contributed by atoms with Gasteiger partial charge in [-0.1, -0.05) is 66.7 Å². The highest BCUT2D eigenvalue weighted by atomic mass is 14.9. The van der Waals surface area contributed by atoms with Gasteiger partial charge in [0.25, 0.3) is 0 Å². The molecule has 0 fully saturated rings. The van der Waals surface area contributed by atoms with Gasteiger partial charge in [-0.2, -0.15) is 0 Å². The second-order valence-corrected chi connectivity index (χ2v) is 5.12. The predicted molar refractivity (Wildman–Crippen MR) is 83.8 cm³/mol. The number of nitrogens with one attached hydrogen (secondary N) is 1. The lowest BCUT2D eigenvalue weighted by atomic mass is 10.1. The van der Waals surface area contributed by atoms with Gasteiger partial charge in [-0.3, -0.25) is 0 Å². The number of anilines is 1. The molecule has 3 aromatic carbocycles. The van der Waals surface area contributed by atoms with Crippen LogP contribution in [-0.2, 0) is 0 Å². The number of hydrogen-bond donors (Lipinski definition) is 1. The fraction of sp³-hybridized carbons (Fsp3) is 0.0526. The third-order valence-electron chi connectivity index (χ3n) is 3.92. The van der Waals surface area contributed by atoms with Crippen molar-refractivity contribution in [3.63, 3.8) is 0 Å². The van der Waals surface area contributed by atoms with Gasteiger partial charge in [0.1, 0.15) is 0 Å². The maximum atomic E-state index is 3.65. The normalized spacial score (nSPS) is 12.8. The fourth-order valence-electron chi connectivity index (χ4n) is 3.01. The number of fused-ring (bicyclic) bond motifs is 3. The van der Waals surface area contributed by atoms with Crippen molar-refractivity contribution < 1.29 is 0 Å². The SMILES string of the molecule is c1ccc(NC2c3ccccc3-c3ccccc32)cc1. The molecule has 20 heavy (non-hydrogen) atoms. The molecule has 0 unspecified atom stereocenters. The zero-order valence-corrected chi connectivity index (χ0v) is 11.1. The van der Waals surface area contributed by atoms with Gasteiger partial charge in [0.05, 0.1) is 6.04 Å². The Bertz CT molecular complexity index is 701. The van der Waals surface area contributed by atoms with E-state index in [0.29, 0.717) is 0 Å². The summed E-state index contributed by atoms with van der Waals surface area (Å²) >= 11 is 0. The number of benzene rings is 3. The molecular weight excluding hydrogens is 242 g/mol. The highest BCUT2D eigenvalue weighted by Gasteiger charge is 2.27. The van der Waals surface area contributed by atoms with Crippen LogP contribution in [-0.4, -0.2) is 0 Å². The van der Waals surface area contributed by atoms with Crippen LogP contribution < -0.4 is 5.32 Å². The smallest absolute Gasteiger partial charge is 0.0779 e. The standard InChI is InChI=1S/C19H15N/c1-2-8-14(9-3-1)20-19-17-12-6-4-10-15(17)16-11-5-7-13-18(16)19/h1-13,19-20H. The topological polar surface area (TPSA) is 12.0 Å². The molecule has 0 amide bonds. The van der Waals surface area contributed by atoms with Crippen LogP contribution in [0.2, 0.25) is 0 Å². The van der Waals surface area contributed by atoms with E-state index < -0.39 is 0 Å². The Morgan fingerprint density at radius 3 is 1.65 bits per heavy atom. The Kier molecular flexibility index (Phi) is 2.56. The highest BCUT2D eigenvalue weighted by Crippen LogP contribution is 2.44. The summed E-state index contributed by atoms with van der Waals surface area (Å²) in [5.41, 5.74) is 6.56. The van der Waals surface area contributed by atoms with Crippen LogP contribution >= 0.6 is 0 Å². The lowest BCUT2D eigenvalue weighted by Crippen LogP contribution is -2.08. The first-order valence-corrected chi connectivity index (χ1v) is 6.93. The third-order valence-corrected chi connectivity index (χ3v) is 3.92. The van der Waals surface area contributed by atoms with E-state index in [1.54, 1.807) is 0 Å². The van der Waals surface area contributed by atoms with Gasteiger partial charge >= 0.3 is 0 Å². The third kappa shape index (κ3) is 1.71. The van der Waals surface area contributed by atoms with Gasteiger partial charge in [-0.05, 0) is 34.4 Å². The Labute approximate surface area is 118 Å². The van der Waals surface area contributed by atoms with Crippen molar-refractivity contribution in [2.24, 2.45) is 0 Å². The van der Waals surface area contributed by atoms with Crippen LogP contribution in [0.25, 0.3) is 11.1 Å². The zero-order valence-electron chi connectivity index (χ0n) is 11.1. The molecule has 4 rings (SSSR count). The average molecular weight is 257 g/mol. The Hall–Kier alpha value is -2.54. The molecule has 0 aliphatic heterocycles. The summed E-state index contributed by atoms with van der Waals surface area (Å²) in [7, 11) is 0. The molecule has 1 nitrogen and oxygen atoms in total. The lowest BCUT2D eigenvalue weighted by Gasteiger charge is -2.17. The van der Waals surface area contributed by atoms with Gasteiger partial charge in [-0.15, -0.1) is 0 Å². The second-order valence-electron chi connectivity index (χ2n) is 5.12. The first kappa shape index (κ1) is 11.3. The van der Waals surface area contributed by atoms with Crippen LogP contribution in [0.5, 0.6) is 0 Å². The molecule has 0 aromatic heterocycles. The summed E-state index contributed by atoms with van der Waals surface area (Å²) < 4.78 is 0. The van der Waals surface area contributed by atoms with E-state index in [9.17, 15) is 0 Å². The largest absolute Gasteiger partial charge is 0.374 e. The fourth-order valence-corrected chi connectivity index (χ4v) is 3.01. The summed E-state index contributed by atoms with van der Waals surface area (Å²) in [6.45, 7) is 0. The second kappa shape index (κ2) is 4.53. The highest BCUT2D eigenvalue weighted by molar-refractivity contribution is 5.80. The molecule has 0 saturated carbocycles. The summed E-state index contributed by atoms with van der Waals surface area (Å²) in [4.78, 5) is 0. The summed E-state index contributed by atoms with van der Waals surface area (Å²) in [6.07, 6.45) is 0. The minimum atomic E-state index is 0.241. The van der Waals surface area contributed by atoms with Crippen LogP contribution in [0.4, 0.5) is 5.69 Å². The maximum Gasteiger partial charge on any atom is 0.0779 e. The first-order chi connectivity index (χ1) is 9.93. The van der Waals surface area contributed by atoms with Crippen molar-refractivity contribution in [2.45, 2.75) is 6.04 Å². The Balaban J connectivity index is 1.83. The molecular formula is C19H15N. The van der Waals surface area contributed by atoms with Gasteiger partial charge in [0.15, 0.2) is 0 Å². The summed E-state index contributed by atoms with van der Waals surface area (Å²) in [6, 6.07) is 28.0. The van der Waals surface area contributed by atoms with Gasteiger partial charge in [0.2, 0.25) is 0 Å². The minimum Gasteiger partial charge on any atom is -0.374 e. The zero-order chi connectivity index (χ0) is 13.4. The van der Waals surface area contributed by atoms with E-state index in [-0.39, 0.29) is 6.04 Å². The van der Waals surface area contributed by atoms with E-state index in [4.69, 9.17) is 0 Å². The van der Waals surface area contributed by atoms with Crippen LogP contribution in [0.15, 0.2) is 78.9 Å². The Morgan fingerprint density at radius 1 is 0.550 bits per heavy atom. The van der Waals surface area contributed by atoms with Gasteiger partial charge in [0, 0.05) is 5.69 Å². The first-order valence-electron chi connectivity index (χ1n) is 6.93. The minimum absolute atomic E-state index is 0.241. The number of rotatable bonds is 2. The lowest BCUT2D eigenvalue weighted by molar-refractivity contribution is 0.974. The van der Waals surface area contributed by atoms with E-state index in [1.807, 2.05) is 6.07 Å². The molecule has 0 spiro atoms. The summed E-state index contributed by atoms with van der Waals surface area (Å²) in [5, 5.41) is 3.65. The molecule has 1 aliphatic rings. The summed E-state index contributed by atoms with van der Waals surface area (Å²) in [5.74, 6) is 0. The Morgan fingerprint density at radius 2 is 1.05 bits per heavy atom. The molecule has 0 atom stereocenters. The predicted octanol–water partition coefficient (Wildman–Crippen LogP) is 4.87. The molecule has 1 heteroatoms. The quantitative estimate of drug-likeness (QED) is 0.690. The average Bonchev–Trinajstić information content (AvgIpc) is 2.84. The number of hydrogen-bond acceptors (Lipinski definition) is 1. The van der Waals surface area contributed by atoms with E-state index in [1.165, 1.54) is 22.3 Å². The van der Waals surface area contributed by atoms with Crippen molar-refractivity contribution >= 4 is 5.69 Å². The van der Waals surface area contributed by atoms with Gasteiger partial charge in [-0.25, -0.2) is 0 Å². The number of para-hydroxylation sites is 1. The van der Waals surface area contributed by atoms with Crippen LogP contribution in [0, 0.1) is 0 Å². The maximum absolute atomic E-state index is 3.65. The molecule has 1 N–H and O–H groups in total. The van der Waals surface area contributed by atoms with E-state index >= 15 is 0 Å². The van der Waals surface area contributed by atoms with E-state index in [0.717, 1.165) is 5.69 Å². The molecule has 0 saturated heterocycles. The van der Waals surface area contributed by atoms with E-state index in [2.05, 4.69) is 78.1 Å².